The molecule has 2 heterocycles. The molecule has 0 aliphatic carbocycles. The molecule has 4 aromatic rings. The third-order valence-corrected chi connectivity index (χ3v) is 5.21. The molecule has 2 aromatic heterocycles. The van der Waals surface area contributed by atoms with Crippen LogP contribution in [0.1, 0.15) is 15.2 Å². The molecule has 0 radical (unpaired) electrons. The number of nitrogens with zero attached hydrogens (tertiary/aromatic N) is 2. The maximum Gasteiger partial charge on any atom is 0.356 e. The summed E-state index contributed by atoms with van der Waals surface area (Å²) in [6, 6.07) is 22.0. The Morgan fingerprint density at radius 3 is 2.46 bits per heavy atom. The van der Waals surface area contributed by atoms with E-state index >= 15 is 0 Å². The molecule has 6 heteroatoms. The second-order valence-corrected chi connectivity index (χ2v) is 6.85. The van der Waals surface area contributed by atoms with E-state index in [0.717, 1.165) is 15.9 Å². The minimum absolute atomic E-state index is 0. The van der Waals surface area contributed by atoms with Gasteiger partial charge in [-0.25, -0.2) is 9.13 Å². The Morgan fingerprint density at radius 1 is 1.00 bits per heavy atom. The molecule has 0 atom stereocenters. The van der Waals surface area contributed by atoms with Crippen LogP contribution in [-0.4, -0.2) is 10.4 Å². The summed E-state index contributed by atoms with van der Waals surface area (Å²) in [5.74, 6) is 0.671. The van der Waals surface area contributed by atoms with Crippen molar-refractivity contribution in [2.75, 3.05) is 5.73 Å². The van der Waals surface area contributed by atoms with Gasteiger partial charge in [0.05, 0.1) is 11.4 Å². The van der Waals surface area contributed by atoms with Crippen LogP contribution in [0.3, 0.4) is 0 Å². The van der Waals surface area contributed by atoms with Crippen LogP contribution in [0.25, 0.3) is 11.0 Å². The van der Waals surface area contributed by atoms with Gasteiger partial charge in [-0.05, 0) is 29.1 Å². The molecule has 0 fully saturated rings. The number of hydrogen-bond acceptors (Lipinski definition) is 3. The van der Waals surface area contributed by atoms with Crippen LogP contribution in [-0.2, 0) is 13.1 Å². The van der Waals surface area contributed by atoms with Crippen LogP contribution in [0.4, 0.5) is 5.95 Å². The number of halogens is 1. The Morgan fingerprint density at radius 2 is 1.73 bits per heavy atom. The summed E-state index contributed by atoms with van der Waals surface area (Å²) in [7, 11) is 0. The van der Waals surface area contributed by atoms with Crippen molar-refractivity contribution >= 4 is 34.1 Å². The van der Waals surface area contributed by atoms with Crippen molar-refractivity contribution in [3.63, 3.8) is 0 Å². The normalized spacial score (nSPS) is 10.6. The Hall–Kier alpha value is -2.44. The fourth-order valence-corrected chi connectivity index (χ4v) is 3.73. The van der Waals surface area contributed by atoms with Crippen LogP contribution in [0.2, 0.25) is 0 Å². The minimum Gasteiger partial charge on any atom is -1.00 e. The number of rotatable bonds is 5. The van der Waals surface area contributed by atoms with E-state index in [2.05, 4.69) is 16.7 Å². The SMILES string of the molecule is Nc1n(CC(=O)c2cccs2)c2ccccc2[n+]1Cc1ccccc1.[Br-]. The van der Waals surface area contributed by atoms with Crippen molar-refractivity contribution in [2.45, 2.75) is 13.1 Å². The number of anilines is 1. The van der Waals surface area contributed by atoms with Gasteiger partial charge in [0.2, 0.25) is 5.78 Å². The number of imidazole rings is 1. The number of nitrogen functional groups attached to an aromatic ring is 1. The number of carbonyl (C=O) groups is 1. The topological polar surface area (TPSA) is 51.9 Å². The highest BCUT2D eigenvalue weighted by Crippen LogP contribution is 2.19. The quantitative estimate of drug-likeness (QED) is 0.372. The third kappa shape index (κ3) is 3.43. The van der Waals surface area contributed by atoms with Gasteiger partial charge in [0.25, 0.3) is 0 Å². The lowest BCUT2D eigenvalue weighted by atomic mass is 10.2. The smallest absolute Gasteiger partial charge is 0.356 e. The summed E-state index contributed by atoms with van der Waals surface area (Å²) >= 11 is 1.46. The van der Waals surface area contributed by atoms with E-state index in [1.165, 1.54) is 16.9 Å². The molecule has 0 spiro atoms. The van der Waals surface area contributed by atoms with E-state index in [4.69, 9.17) is 5.73 Å². The molecule has 26 heavy (non-hydrogen) atoms. The molecule has 2 aromatic carbocycles. The Kier molecular flexibility index (Phi) is 5.54. The number of para-hydroxylation sites is 2. The summed E-state index contributed by atoms with van der Waals surface area (Å²) in [5.41, 5.74) is 9.62. The van der Waals surface area contributed by atoms with E-state index in [-0.39, 0.29) is 29.3 Å². The average molecular weight is 428 g/mol. The summed E-state index contributed by atoms with van der Waals surface area (Å²) in [6.07, 6.45) is 0. The van der Waals surface area contributed by atoms with Crippen LogP contribution in [0.15, 0.2) is 72.1 Å². The van der Waals surface area contributed by atoms with E-state index in [0.29, 0.717) is 12.5 Å². The maximum absolute atomic E-state index is 12.6. The first-order chi connectivity index (χ1) is 12.2. The molecule has 0 saturated heterocycles. The maximum atomic E-state index is 12.6. The van der Waals surface area contributed by atoms with E-state index < -0.39 is 0 Å². The monoisotopic (exact) mass is 427 g/mol. The Bertz CT molecular complexity index is 1030. The van der Waals surface area contributed by atoms with Crippen LogP contribution < -0.4 is 27.3 Å². The molecule has 2 N–H and O–H groups in total. The van der Waals surface area contributed by atoms with Gasteiger partial charge >= 0.3 is 5.95 Å². The largest absolute Gasteiger partial charge is 1.00 e. The number of aromatic nitrogens is 2. The third-order valence-electron chi connectivity index (χ3n) is 4.30. The summed E-state index contributed by atoms with van der Waals surface area (Å²) in [6.45, 7) is 0.919. The Balaban J connectivity index is 0.00000196. The predicted octanol–water partition coefficient (Wildman–Crippen LogP) is 0.508. The molecule has 0 unspecified atom stereocenters. The molecule has 132 valence electrons. The first-order valence-electron chi connectivity index (χ1n) is 8.11. The second kappa shape index (κ2) is 7.85. The number of ketones is 1. The first kappa shape index (κ1) is 18.4. The zero-order valence-corrected chi connectivity index (χ0v) is 16.4. The van der Waals surface area contributed by atoms with E-state index in [1.807, 2.05) is 64.5 Å². The first-order valence-corrected chi connectivity index (χ1v) is 8.99. The van der Waals surface area contributed by atoms with Gasteiger partial charge in [-0.15, -0.1) is 11.3 Å². The van der Waals surface area contributed by atoms with Gasteiger partial charge in [-0.3, -0.25) is 10.5 Å². The molecule has 0 aliphatic rings. The van der Waals surface area contributed by atoms with Crippen LogP contribution in [0.5, 0.6) is 0 Å². The van der Waals surface area contributed by atoms with Crippen molar-refractivity contribution in [2.24, 2.45) is 0 Å². The lowest BCUT2D eigenvalue weighted by molar-refractivity contribution is -0.648. The van der Waals surface area contributed by atoms with Gasteiger partial charge in [-0.2, -0.15) is 0 Å². The second-order valence-electron chi connectivity index (χ2n) is 5.91. The van der Waals surface area contributed by atoms with Gasteiger partial charge < -0.3 is 17.0 Å². The number of fused-ring (bicyclic) bond motifs is 1. The van der Waals surface area contributed by atoms with Crippen molar-refractivity contribution in [1.29, 1.82) is 0 Å². The van der Waals surface area contributed by atoms with Crippen molar-refractivity contribution in [3.8, 4) is 0 Å². The van der Waals surface area contributed by atoms with Crippen LogP contribution >= 0.6 is 11.3 Å². The van der Waals surface area contributed by atoms with Crippen LogP contribution in [0, 0.1) is 0 Å². The lowest BCUT2D eigenvalue weighted by Gasteiger charge is -2.02. The molecule has 0 aliphatic heterocycles. The molecular formula is C20H18BrN3OS. The molecule has 0 saturated carbocycles. The standard InChI is InChI=1S/C20H17N3OS.BrH/c21-20-22(13-15-7-2-1-3-8-15)16-9-4-5-10-17(16)23(20)14-18(24)19-11-6-12-25-19;/h1-12,21H,13-14H2;1H. The number of nitrogens with two attached hydrogens (primary N) is 1. The number of thiophene rings is 1. The van der Waals surface area contributed by atoms with Gasteiger partial charge in [0.1, 0.15) is 17.6 Å². The minimum atomic E-state index is 0. The zero-order valence-electron chi connectivity index (χ0n) is 14.0. The predicted molar refractivity (Wildman–Crippen MR) is 101 cm³/mol. The summed E-state index contributed by atoms with van der Waals surface area (Å²) in [4.78, 5) is 13.3. The highest BCUT2D eigenvalue weighted by atomic mass is 79.9. The van der Waals surface area contributed by atoms with Gasteiger partial charge in [0.15, 0.2) is 0 Å². The fourth-order valence-electron chi connectivity index (χ4n) is 3.07. The highest BCUT2D eigenvalue weighted by molar-refractivity contribution is 7.12. The average Bonchev–Trinajstić information content (AvgIpc) is 3.26. The van der Waals surface area contributed by atoms with E-state index in [9.17, 15) is 4.79 Å². The van der Waals surface area contributed by atoms with Crippen molar-refractivity contribution in [3.05, 3.63) is 82.6 Å². The highest BCUT2D eigenvalue weighted by Gasteiger charge is 2.23. The van der Waals surface area contributed by atoms with Gasteiger partial charge in [-0.1, -0.05) is 48.5 Å². The zero-order chi connectivity index (χ0) is 17.2. The molecule has 4 rings (SSSR count). The number of benzene rings is 2. The molecule has 0 bridgehead atoms. The molecule has 4 nitrogen and oxygen atoms in total. The number of carbonyl (C=O) groups excluding carboxylic acids is 1. The van der Waals surface area contributed by atoms with Crippen molar-refractivity contribution < 1.29 is 26.3 Å². The fraction of sp³-hybridized carbons (Fsp3) is 0.100. The van der Waals surface area contributed by atoms with Gasteiger partial charge in [0, 0.05) is 0 Å². The van der Waals surface area contributed by atoms with Crippen molar-refractivity contribution in [1.82, 2.24) is 4.57 Å². The molecular weight excluding hydrogens is 410 g/mol. The Labute approximate surface area is 166 Å². The molecule has 0 amide bonds. The van der Waals surface area contributed by atoms with E-state index in [1.54, 1.807) is 0 Å². The lowest BCUT2D eigenvalue weighted by Crippen LogP contribution is -3.00. The number of Topliss-reactive ketones (excluding diaryl/α,β-unsaturated/α-hetero) is 1. The summed E-state index contributed by atoms with van der Waals surface area (Å²) in [5, 5.41) is 1.92. The number of hydrogen-bond donors (Lipinski definition) is 1. The summed E-state index contributed by atoms with van der Waals surface area (Å²) < 4.78 is 3.96.